The SMILES string of the molecule is CCN1CCN(c2nc3c(c(=O)[nH]c(=O)n3C)n2C[C@H](O)COc2ccc(C)cc2)CC1. The van der Waals surface area contributed by atoms with Crippen LogP contribution in [-0.4, -0.2) is 74.5 Å². The van der Waals surface area contributed by atoms with Crippen molar-refractivity contribution < 1.29 is 9.84 Å². The molecule has 0 aliphatic carbocycles. The smallest absolute Gasteiger partial charge is 0.329 e. The summed E-state index contributed by atoms with van der Waals surface area (Å²) in [7, 11) is 1.58. The van der Waals surface area contributed by atoms with Crippen LogP contribution in [0.4, 0.5) is 5.95 Å². The number of aromatic amines is 1. The van der Waals surface area contributed by atoms with Crippen LogP contribution in [0, 0.1) is 6.92 Å². The number of aliphatic hydroxyl groups excluding tert-OH is 1. The molecular formula is C22H30N6O4. The first-order chi connectivity index (χ1) is 15.4. The largest absolute Gasteiger partial charge is 0.491 e. The molecular weight excluding hydrogens is 412 g/mol. The minimum absolute atomic E-state index is 0.0649. The Labute approximate surface area is 185 Å². The van der Waals surface area contributed by atoms with E-state index in [4.69, 9.17) is 4.74 Å². The van der Waals surface area contributed by atoms with Crippen molar-refractivity contribution in [2.75, 3.05) is 44.2 Å². The zero-order chi connectivity index (χ0) is 22.8. The molecule has 2 aromatic heterocycles. The molecule has 10 heteroatoms. The van der Waals surface area contributed by atoms with Gasteiger partial charge in [-0.1, -0.05) is 24.6 Å². The number of anilines is 1. The molecule has 0 spiro atoms. The number of ether oxygens (including phenoxy) is 1. The van der Waals surface area contributed by atoms with Gasteiger partial charge in [0.05, 0.1) is 6.54 Å². The summed E-state index contributed by atoms with van der Waals surface area (Å²) in [4.78, 5) is 36.2. The minimum atomic E-state index is -0.874. The first-order valence-corrected chi connectivity index (χ1v) is 10.9. The van der Waals surface area contributed by atoms with Crippen LogP contribution in [0.25, 0.3) is 11.2 Å². The number of H-pyrrole nitrogens is 1. The van der Waals surface area contributed by atoms with Gasteiger partial charge in [-0.05, 0) is 25.6 Å². The van der Waals surface area contributed by atoms with Gasteiger partial charge in [0.2, 0.25) is 5.95 Å². The van der Waals surface area contributed by atoms with Crippen LogP contribution in [-0.2, 0) is 13.6 Å². The van der Waals surface area contributed by atoms with E-state index < -0.39 is 17.4 Å². The number of aliphatic hydroxyl groups is 1. The normalized spacial score (nSPS) is 15.9. The van der Waals surface area contributed by atoms with E-state index in [1.165, 1.54) is 4.57 Å². The number of imidazole rings is 1. The highest BCUT2D eigenvalue weighted by Crippen LogP contribution is 2.22. The number of benzene rings is 1. The molecule has 32 heavy (non-hydrogen) atoms. The summed E-state index contributed by atoms with van der Waals surface area (Å²) in [6.45, 7) is 8.55. The second-order valence-corrected chi connectivity index (χ2v) is 8.21. The Hall–Kier alpha value is -3.11. The highest BCUT2D eigenvalue weighted by molar-refractivity contribution is 5.74. The number of aryl methyl sites for hydroxylation is 2. The average molecular weight is 443 g/mol. The maximum atomic E-state index is 12.7. The molecule has 0 saturated carbocycles. The minimum Gasteiger partial charge on any atom is -0.491 e. The topological polar surface area (TPSA) is 109 Å². The standard InChI is InChI=1S/C22H30N6O4/c1-4-26-9-11-27(12-10-26)21-23-19-18(20(30)24-22(31)25(19)3)28(21)13-16(29)14-32-17-7-5-15(2)6-8-17/h5-8,16,29H,4,9-14H2,1-3H3,(H,24,30,31)/t16-/m0/s1. The van der Waals surface area contributed by atoms with Crippen LogP contribution in [0.1, 0.15) is 12.5 Å². The lowest BCUT2D eigenvalue weighted by Gasteiger charge is -2.35. The third-order valence-electron chi connectivity index (χ3n) is 5.95. The molecule has 0 unspecified atom stereocenters. The Morgan fingerprint density at radius 3 is 2.50 bits per heavy atom. The van der Waals surface area contributed by atoms with Crippen molar-refractivity contribution in [1.82, 2.24) is 24.0 Å². The number of nitrogens with zero attached hydrogens (tertiary/aromatic N) is 5. The van der Waals surface area contributed by atoms with Gasteiger partial charge in [0, 0.05) is 33.2 Å². The highest BCUT2D eigenvalue weighted by Gasteiger charge is 2.25. The van der Waals surface area contributed by atoms with Gasteiger partial charge < -0.3 is 24.2 Å². The number of likely N-dealkylation sites (N-methyl/N-ethyl adjacent to an activating group) is 1. The molecule has 172 valence electrons. The molecule has 1 atom stereocenters. The van der Waals surface area contributed by atoms with Gasteiger partial charge in [-0.3, -0.25) is 14.3 Å². The maximum absolute atomic E-state index is 12.7. The number of fused-ring (bicyclic) bond motifs is 1. The summed E-state index contributed by atoms with van der Waals surface area (Å²) in [5.74, 6) is 1.25. The van der Waals surface area contributed by atoms with Crippen molar-refractivity contribution in [2.24, 2.45) is 7.05 Å². The monoisotopic (exact) mass is 442 g/mol. The summed E-state index contributed by atoms with van der Waals surface area (Å²) in [6, 6.07) is 7.60. The third kappa shape index (κ3) is 4.42. The number of piperazine rings is 1. The zero-order valence-electron chi connectivity index (χ0n) is 18.7. The molecule has 2 N–H and O–H groups in total. The van der Waals surface area contributed by atoms with Gasteiger partial charge in [0.25, 0.3) is 5.56 Å². The molecule has 1 saturated heterocycles. The van der Waals surface area contributed by atoms with Crippen molar-refractivity contribution in [3.8, 4) is 5.75 Å². The van der Waals surface area contributed by atoms with Gasteiger partial charge in [-0.2, -0.15) is 4.98 Å². The lowest BCUT2D eigenvalue weighted by Crippen LogP contribution is -2.47. The Kier molecular flexibility index (Phi) is 6.33. The molecule has 1 aromatic carbocycles. The lowest BCUT2D eigenvalue weighted by molar-refractivity contribution is 0.0935. The molecule has 3 heterocycles. The van der Waals surface area contributed by atoms with Crippen LogP contribution in [0.2, 0.25) is 0 Å². The molecule has 10 nitrogen and oxygen atoms in total. The summed E-state index contributed by atoms with van der Waals surface area (Å²) in [6.07, 6.45) is -0.874. The molecule has 1 aliphatic heterocycles. The first-order valence-electron chi connectivity index (χ1n) is 10.9. The Morgan fingerprint density at radius 2 is 1.84 bits per heavy atom. The van der Waals surface area contributed by atoms with Crippen LogP contribution in [0.5, 0.6) is 5.75 Å². The Bertz CT molecular complexity index is 1190. The van der Waals surface area contributed by atoms with E-state index in [9.17, 15) is 14.7 Å². The number of hydrogen-bond acceptors (Lipinski definition) is 7. The molecule has 3 aromatic rings. The van der Waals surface area contributed by atoms with Gasteiger partial charge in [0.15, 0.2) is 11.2 Å². The highest BCUT2D eigenvalue weighted by atomic mass is 16.5. The second-order valence-electron chi connectivity index (χ2n) is 8.21. The van der Waals surface area contributed by atoms with Crippen LogP contribution < -0.4 is 20.9 Å². The molecule has 0 bridgehead atoms. The first kappa shape index (κ1) is 22.1. The van der Waals surface area contributed by atoms with E-state index in [-0.39, 0.29) is 18.7 Å². The predicted octanol–water partition coefficient (Wildman–Crippen LogP) is 0.314. The Morgan fingerprint density at radius 1 is 1.16 bits per heavy atom. The number of aromatic nitrogens is 4. The zero-order valence-corrected chi connectivity index (χ0v) is 18.7. The molecule has 4 rings (SSSR count). The van der Waals surface area contributed by atoms with Crippen molar-refractivity contribution >= 4 is 17.1 Å². The second kappa shape index (κ2) is 9.17. The molecule has 1 aliphatic rings. The number of rotatable bonds is 7. The van der Waals surface area contributed by atoms with Crippen LogP contribution >= 0.6 is 0 Å². The van der Waals surface area contributed by atoms with Crippen molar-refractivity contribution in [2.45, 2.75) is 26.5 Å². The summed E-state index contributed by atoms with van der Waals surface area (Å²) < 4.78 is 8.76. The predicted molar refractivity (Wildman–Crippen MR) is 123 cm³/mol. The van der Waals surface area contributed by atoms with Crippen molar-refractivity contribution in [3.63, 3.8) is 0 Å². The van der Waals surface area contributed by atoms with Crippen molar-refractivity contribution in [3.05, 3.63) is 50.7 Å². The third-order valence-corrected chi connectivity index (χ3v) is 5.95. The van der Waals surface area contributed by atoms with Gasteiger partial charge in [-0.25, -0.2) is 4.79 Å². The van der Waals surface area contributed by atoms with Crippen LogP contribution in [0.15, 0.2) is 33.9 Å². The van der Waals surface area contributed by atoms with Gasteiger partial charge in [0.1, 0.15) is 18.5 Å². The van der Waals surface area contributed by atoms with Crippen LogP contribution in [0.3, 0.4) is 0 Å². The van der Waals surface area contributed by atoms with E-state index in [2.05, 4.69) is 26.7 Å². The van der Waals surface area contributed by atoms with E-state index >= 15 is 0 Å². The summed E-state index contributed by atoms with van der Waals surface area (Å²) >= 11 is 0. The van der Waals surface area contributed by atoms with Crippen molar-refractivity contribution in [1.29, 1.82) is 0 Å². The summed E-state index contributed by atoms with van der Waals surface area (Å²) in [5.41, 5.74) is 0.673. The number of nitrogens with one attached hydrogen (secondary N) is 1. The van der Waals surface area contributed by atoms with E-state index in [0.29, 0.717) is 17.3 Å². The molecule has 0 amide bonds. The average Bonchev–Trinajstić information content (AvgIpc) is 3.17. The molecule has 0 radical (unpaired) electrons. The van der Waals surface area contributed by atoms with E-state index in [0.717, 1.165) is 38.3 Å². The quantitative estimate of drug-likeness (QED) is 0.542. The molecule has 1 fully saturated rings. The van der Waals surface area contributed by atoms with Gasteiger partial charge >= 0.3 is 5.69 Å². The fourth-order valence-corrected chi connectivity index (χ4v) is 3.99. The fourth-order valence-electron chi connectivity index (χ4n) is 3.99. The maximum Gasteiger partial charge on any atom is 0.329 e. The Balaban J connectivity index is 1.63. The fraction of sp³-hybridized carbons (Fsp3) is 0.500. The van der Waals surface area contributed by atoms with E-state index in [1.807, 2.05) is 31.2 Å². The van der Waals surface area contributed by atoms with Gasteiger partial charge in [-0.15, -0.1) is 0 Å². The van der Waals surface area contributed by atoms with E-state index in [1.54, 1.807) is 11.6 Å². The number of hydrogen-bond donors (Lipinski definition) is 2. The lowest BCUT2D eigenvalue weighted by atomic mass is 10.2. The summed E-state index contributed by atoms with van der Waals surface area (Å²) in [5, 5.41) is 10.7.